The normalized spacial score (nSPS) is 15.5. The summed E-state index contributed by atoms with van der Waals surface area (Å²) in [5.41, 5.74) is 1.11. The van der Waals surface area contributed by atoms with E-state index in [0.29, 0.717) is 12.6 Å². The molecule has 0 N–H and O–H groups in total. The van der Waals surface area contributed by atoms with Crippen LogP contribution in [0.25, 0.3) is 0 Å². The molecule has 2 rings (SSSR count). The van der Waals surface area contributed by atoms with Gasteiger partial charge in [-0.3, -0.25) is 9.69 Å². The van der Waals surface area contributed by atoms with Crippen LogP contribution in [0, 0.1) is 0 Å². The molecule has 1 aliphatic rings. The van der Waals surface area contributed by atoms with E-state index in [-0.39, 0.29) is 5.91 Å². The molecule has 3 nitrogen and oxygen atoms in total. The van der Waals surface area contributed by atoms with Gasteiger partial charge in [-0.2, -0.15) is 0 Å². The molecule has 0 atom stereocenters. The zero-order valence-electron chi connectivity index (χ0n) is 13.7. The molecule has 4 heteroatoms. The van der Waals surface area contributed by atoms with E-state index in [0.717, 1.165) is 30.2 Å². The van der Waals surface area contributed by atoms with Gasteiger partial charge in [-0.15, -0.1) is 0 Å². The molecule has 1 fully saturated rings. The molecule has 0 aromatic heterocycles. The minimum absolute atomic E-state index is 0.226. The van der Waals surface area contributed by atoms with Crippen LogP contribution in [0.5, 0.6) is 0 Å². The first-order valence-corrected chi connectivity index (χ1v) is 8.78. The van der Waals surface area contributed by atoms with Crippen LogP contribution < -0.4 is 0 Å². The maximum absolute atomic E-state index is 12.5. The van der Waals surface area contributed by atoms with Gasteiger partial charge in [0.15, 0.2) is 0 Å². The molecule has 1 saturated carbocycles. The zero-order chi connectivity index (χ0) is 15.9. The summed E-state index contributed by atoms with van der Waals surface area (Å²) < 4.78 is 0. The van der Waals surface area contributed by atoms with Crippen LogP contribution in [0.4, 0.5) is 0 Å². The van der Waals surface area contributed by atoms with Crippen molar-refractivity contribution in [3.05, 3.63) is 34.9 Å². The zero-order valence-corrected chi connectivity index (χ0v) is 14.5. The Kier molecular flexibility index (Phi) is 6.71. The van der Waals surface area contributed by atoms with Gasteiger partial charge in [-0.05, 0) is 38.3 Å². The number of carbonyl (C=O) groups excluding carboxylic acids is 1. The number of carbonyl (C=O) groups is 1. The summed E-state index contributed by atoms with van der Waals surface area (Å²) in [5, 5.41) is 0.792. The summed E-state index contributed by atoms with van der Waals surface area (Å²) in [6.07, 6.45) is 4.91. The summed E-state index contributed by atoms with van der Waals surface area (Å²) >= 11 is 6.31. The van der Waals surface area contributed by atoms with E-state index in [9.17, 15) is 4.79 Å². The highest BCUT2D eigenvalue weighted by Gasteiger charge is 2.26. The van der Waals surface area contributed by atoms with Crippen LogP contribution in [0.1, 0.15) is 45.1 Å². The van der Waals surface area contributed by atoms with E-state index < -0.39 is 0 Å². The SMILES string of the molecule is CCN(CC)C(=O)CN(Cc1ccccc1Cl)C1CCCC1. The first kappa shape index (κ1) is 17.3. The summed E-state index contributed by atoms with van der Waals surface area (Å²) in [5.74, 6) is 0.226. The van der Waals surface area contributed by atoms with Crippen molar-refractivity contribution >= 4 is 17.5 Å². The molecule has 0 saturated heterocycles. The van der Waals surface area contributed by atoms with Gasteiger partial charge < -0.3 is 4.90 Å². The van der Waals surface area contributed by atoms with Gasteiger partial charge in [0.05, 0.1) is 6.54 Å². The third-order valence-electron chi connectivity index (χ3n) is 4.63. The molecule has 0 heterocycles. The molecular formula is C18H27ClN2O. The average molecular weight is 323 g/mol. The van der Waals surface area contributed by atoms with Gasteiger partial charge in [0.25, 0.3) is 0 Å². The highest BCUT2D eigenvalue weighted by molar-refractivity contribution is 6.31. The van der Waals surface area contributed by atoms with Crippen LogP contribution in [0.3, 0.4) is 0 Å². The minimum atomic E-state index is 0.226. The van der Waals surface area contributed by atoms with Crippen LogP contribution in [0.2, 0.25) is 5.02 Å². The van der Waals surface area contributed by atoms with E-state index in [4.69, 9.17) is 11.6 Å². The summed E-state index contributed by atoms with van der Waals surface area (Å²) in [7, 11) is 0. The lowest BCUT2D eigenvalue weighted by Gasteiger charge is -2.31. The largest absolute Gasteiger partial charge is 0.342 e. The Morgan fingerprint density at radius 3 is 2.41 bits per heavy atom. The molecule has 0 bridgehead atoms. The van der Waals surface area contributed by atoms with Crippen LogP contribution in [-0.4, -0.2) is 41.4 Å². The van der Waals surface area contributed by atoms with Crippen molar-refractivity contribution in [2.24, 2.45) is 0 Å². The summed E-state index contributed by atoms with van der Waals surface area (Å²) in [6.45, 7) is 6.89. The van der Waals surface area contributed by atoms with Crippen LogP contribution >= 0.6 is 11.6 Å². The van der Waals surface area contributed by atoms with E-state index in [2.05, 4.69) is 11.0 Å². The predicted octanol–water partition coefficient (Wildman–Crippen LogP) is 3.95. The molecule has 122 valence electrons. The Bertz CT molecular complexity index is 482. The van der Waals surface area contributed by atoms with Crippen molar-refractivity contribution in [2.75, 3.05) is 19.6 Å². The fourth-order valence-electron chi connectivity index (χ4n) is 3.28. The lowest BCUT2D eigenvalue weighted by Crippen LogP contribution is -2.43. The minimum Gasteiger partial charge on any atom is -0.342 e. The predicted molar refractivity (Wildman–Crippen MR) is 92.0 cm³/mol. The van der Waals surface area contributed by atoms with Crippen molar-refractivity contribution < 1.29 is 4.79 Å². The Balaban J connectivity index is 2.09. The lowest BCUT2D eigenvalue weighted by molar-refractivity contribution is -0.132. The highest BCUT2D eigenvalue weighted by atomic mass is 35.5. The molecule has 1 aromatic carbocycles. The highest BCUT2D eigenvalue weighted by Crippen LogP contribution is 2.26. The van der Waals surface area contributed by atoms with Crippen LogP contribution in [0.15, 0.2) is 24.3 Å². The molecule has 1 aliphatic carbocycles. The fourth-order valence-corrected chi connectivity index (χ4v) is 3.47. The lowest BCUT2D eigenvalue weighted by atomic mass is 10.1. The molecule has 1 amide bonds. The van der Waals surface area contributed by atoms with Crippen molar-refractivity contribution in [3.8, 4) is 0 Å². The number of halogens is 1. The van der Waals surface area contributed by atoms with Crippen molar-refractivity contribution in [3.63, 3.8) is 0 Å². The van der Waals surface area contributed by atoms with Gasteiger partial charge in [0.2, 0.25) is 5.91 Å². The Morgan fingerprint density at radius 1 is 1.18 bits per heavy atom. The Morgan fingerprint density at radius 2 is 1.82 bits per heavy atom. The maximum atomic E-state index is 12.5. The molecule has 22 heavy (non-hydrogen) atoms. The Labute approximate surface area is 139 Å². The standard InChI is InChI=1S/C18H27ClN2O/c1-3-20(4-2)18(22)14-21(16-10-6-7-11-16)13-15-9-5-8-12-17(15)19/h5,8-9,12,16H,3-4,6-7,10-11,13-14H2,1-2H3. The van der Waals surface area contributed by atoms with E-state index in [1.165, 1.54) is 25.7 Å². The topological polar surface area (TPSA) is 23.6 Å². The number of rotatable bonds is 7. The van der Waals surface area contributed by atoms with E-state index in [1.54, 1.807) is 0 Å². The Hall–Kier alpha value is -1.06. The fraction of sp³-hybridized carbons (Fsp3) is 0.611. The number of hydrogen-bond donors (Lipinski definition) is 0. The summed E-state index contributed by atoms with van der Waals surface area (Å²) in [4.78, 5) is 16.7. The molecule has 0 aliphatic heterocycles. The van der Waals surface area contributed by atoms with Crippen molar-refractivity contribution in [2.45, 2.75) is 52.1 Å². The number of hydrogen-bond acceptors (Lipinski definition) is 2. The van der Waals surface area contributed by atoms with Gasteiger partial charge in [0, 0.05) is 30.7 Å². The first-order valence-electron chi connectivity index (χ1n) is 8.40. The molecular weight excluding hydrogens is 296 g/mol. The number of amides is 1. The van der Waals surface area contributed by atoms with Gasteiger partial charge in [-0.1, -0.05) is 42.6 Å². The molecule has 0 unspecified atom stereocenters. The third-order valence-corrected chi connectivity index (χ3v) is 5.00. The molecule has 0 spiro atoms. The second-order valence-corrected chi connectivity index (χ2v) is 6.41. The third kappa shape index (κ3) is 4.47. The number of nitrogens with zero attached hydrogens (tertiary/aromatic N) is 2. The average Bonchev–Trinajstić information content (AvgIpc) is 3.04. The van der Waals surface area contributed by atoms with E-state index >= 15 is 0 Å². The van der Waals surface area contributed by atoms with Gasteiger partial charge in [0.1, 0.15) is 0 Å². The smallest absolute Gasteiger partial charge is 0.236 e. The van der Waals surface area contributed by atoms with Gasteiger partial charge >= 0.3 is 0 Å². The number of likely N-dealkylation sites (N-methyl/N-ethyl adjacent to an activating group) is 1. The van der Waals surface area contributed by atoms with Gasteiger partial charge in [-0.25, -0.2) is 0 Å². The van der Waals surface area contributed by atoms with E-state index in [1.807, 2.05) is 36.9 Å². The number of benzene rings is 1. The quantitative estimate of drug-likeness (QED) is 0.758. The first-order chi connectivity index (χ1) is 10.7. The second-order valence-electron chi connectivity index (χ2n) is 6.00. The molecule has 1 aromatic rings. The van der Waals surface area contributed by atoms with Crippen molar-refractivity contribution in [1.29, 1.82) is 0 Å². The monoisotopic (exact) mass is 322 g/mol. The van der Waals surface area contributed by atoms with Crippen LogP contribution in [-0.2, 0) is 11.3 Å². The molecule has 0 radical (unpaired) electrons. The van der Waals surface area contributed by atoms with Crippen molar-refractivity contribution in [1.82, 2.24) is 9.80 Å². The second kappa shape index (κ2) is 8.54. The maximum Gasteiger partial charge on any atom is 0.236 e. The summed E-state index contributed by atoms with van der Waals surface area (Å²) in [6, 6.07) is 8.46.